The van der Waals surface area contributed by atoms with Gasteiger partial charge in [-0.3, -0.25) is 4.79 Å². The van der Waals surface area contributed by atoms with Crippen LogP contribution in [-0.2, 0) is 11.2 Å². The monoisotopic (exact) mass is 331 g/mol. The van der Waals surface area contributed by atoms with Crippen molar-refractivity contribution in [3.63, 3.8) is 0 Å². The highest BCUT2D eigenvalue weighted by Gasteiger charge is 2.14. The Morgan fingerprint density at radius 3 is 2.87 bits per heavy atom. The van der Waals surface area contributed by atoms with Crippen molar-refractivity contribution >= 4 is 17.5 Å². The number of nitrogens with zero attached hydrogens (tertiary/aromatic N) is 2. The molecule has 0 saturated heterocycles. The predicted octanol–water partition coefficient (Wildman–Crippen LogP) is 3.55. The molecular formula is C17H18ClN3O2. The molecule has 120 valence electrons. The fraction of sp³-hybridized carbons (Fsp3) is 0.353. The molecule has 1 heterocycles. The van der Waals surface area contributed by atoms with Crippen molar-refractivity contribution in [2.24, 2.45) is 0 Å². The minimum absolute atomic E-state index is 0.00722. The van der Waals surface area contributed by atoms with E-state index in [0.717, 1.165) is 24.8 Å². The number of carbonyl (C=O) groups is 1. The maximum absolute atomic E-state index is 11.9. The molecule has 1 aliphatic carbocycles. The Morgan fingerprint density at radius 2 is 2.13 bits per heavy atom. The first kappa shape index (κ1) is 15.7. The lowest BCUT2D eigenvalue weighted by Gasteiger charge is -2.17. The van der Waals surface area contributed by atoms with E-state index in [1.54, 1.807) is 12.1 Å². The van der Waals surface area contributed by atoms with Gasteiger partial charge in [-0.15, -0.1) is 10.2 Å². The third-order valence-electron chi connectivity index (χ3n) is 3.72. The molecule has 1 amide bonds. The van der Waals surface area contributed by atoms with Crippen molar-refractivity contribution in [3.8, 4) is 11.5 Å². The molecule has 0 saturated carbocycles. The van der Waals surface area contributed by atoms with E-state index in [-0.39, 0.29) is 11.9 Å². The van der Waals surface area contributed by atoms with Crippen LogP contribution in [0, 0.1) is 0 Å². The Bertz CT molecular complexity index is 694. The van der Waals surface area contributed by atoms with Crippen molar-refractivity contribution in [1.82, 2.24) is 15.5 Å². The summed E-state index contributed by atoms with van der Waals surface area (Å²) in [6.07, 6.45) is 8.17. The summed E-state index contributed by atoms with van der Waals surface area (Å²) in [5, 5.41) is 11.7. The van der Waals surface area contributed by atoms with Crippen LogP contribution in [0.1, 0.15) is 31.6 Å². The zero-order chi connectivity index (χ0) is 16.1. The minimum atomic E-state index is 0.00722. The fourth-order valence-corrected chi connectivity index (χ4v) is 2.62. The summed E-state index contributed by atoms with van der Waals surface area (Å²) in [5.41, 5.74) is 0.810. The first-order chi connectivity index (χ1) is 11.2. The Morgan fingerprint density at radius 1 is 1.30 bits per heavy atom. The number of halogens is 1. The van der Waals surface area contributed by atoms with Gasteiger partial charge in [0.1, 0.15) is 0 Å². The normalized spacial score (nSPS) is 17.2. The lowest BCUT2D eigenvalue weighted by molar-refractivity contribution is -0.121. The lowest BCUT2D eigenvalue weighted by Crippen LogP contribution is -2.34. The van der Waals surface area contributed by atoms with Gasteiger partial charge in [-0.2, -0.15) is 0 Å². The second-order valence-electron chi connectivity index (χ2n) is 5.54. The number of hydrogen-bond acceptors (Lipinski definition) is 4. The average molecular weight is 332 g/mol. The SMILES string of the molecule is O=C(CCc1nnc(-c2ccc(Cl)cc2)o1)N[C@H]1C=CCCC1. The summed E-state index contributed by atoms with van der Waals surface area (Å²) in [6, 6.07) is 7.34. The fourth-order valence-electron chi connectivity index (χ4n) is 2.50. The maximum Gasteiger partial charge on any atom is 0.247 e. The van der Waals surface area contributed by atoms with Gasteiger partial charge >= 0.3 is 0 Å². The number of aromatic nitrogens is 2. The molecule has 0 unspecified atom stereocenters. The number of rotatable bonds is 5. The van der Waals surface area contributed by atoms with E-state index in [1.807, 2.05) is 12.1 Å². The van der Waals surface area contributed by atoms with Crippen LogP contribution in [0.4, 0.5) is 0 Å². The molecule has 0 spiro atoms. The summed E-state index contributed by atoms with van der Waals surface area (Å²) >= 11 is 5.85. The quantitative estimate of drug-likeness (QED) is 0.851. The summed E-state index contributed by atoms with van der Waals surface area (Å²) in [7, 11) is 0. The molecule has 1 N–H and O–H groups in total. The van der Waals surface area contributed by atoms with E-state index < -0.39 is 0 Å². The summed E-state index contributed by atoms with van der Waals surface area (Å²) in [5.74, 6) is 0.907. The van der Waals surface area contributed by atoms with Gasteiger partial charge in [0, 0.05) is 29.5 Å². The molecule has 2 aromatic rings. The van der Waals surface area contributed by atoms with E-state index in [2.05, 4.69) is 27.7 Å². The molecule has 3 rings (SSSR count). The van der Waals surface area contributed by atoms with Crippen LogP contribution in [0.5, 0.6) is 0 Å². The number of nitrogens with one attached hydrogen (secondary N) is 1. The number of amides is 1. The first-order valence-corrected chi connectivity index (χ1v) is 8.13. The number of allylic oxidation sites excluding steroid dienone is 1. The van der Waals surface area contributed by atoms with Crippen LogP contribution in [0.15, 0.2) is 40.8 Å². The Labute approximate surface area is 139 Å². The lowest BCUT2D eigenvalue weighted by atomic mass is 10.0. The minimum Gasteiger partial charge on any atom is -0.421 e. The topological polar surface area (TPSA) is 68.0 Å². The van der Waals surface area contributed by atoms with E-state index in [4.69, 9.17) is 16.0 Å². The zero-order valence-electron chi connectivity index (χ0n) is 12.7. The smallest absolute Gasteiger partial charge is 0.247 e. The van der Waals surface area contributed by atoms with Gasteiger partial charge in [0.2, 0.25) is 17.7 Å². The number of carbonyl (C=O) groups excluding carboxylic acids is 1. The van der Waals surface area contributed by atoms with Crippen molar-refractivity contribution in [1.29, 1.82) is 0 Å². The van der Waals surface area contributed by atoms with Gasteiger partial charge in [0.25, 0.3) is 0 Å². The van der Waals surface area contributed by atoms with Crippen LogP contribution in [0.3, 0.4) is 0 Å². The van der Waals surface area contributed by atoms with Gasteiger partial charge in [-0.1, -0.05) is 23.8 Å². The highest BCUT2D eigenvalue weighted by Crippen LogP contribution is 2.20. The highest BCUT2D eigenvalue weighted by molar-refractivity contribution is 6.30. The van der Waals surface area contributed by atoms with E-state index in [0.29, 0.717) is 29.6 Å². The average Bonchev–Trinajstić information content (AvgIpc) is 3.04. The van der Waals surface area contributed by atoms with Crippen LogP contribution >= 0.6 is 11.6 Å². The van der Waals surface area contributed by atoms with Crippen LogP contribution in [0.25, 0.3) is 11.5 Å². The Kier molecular flexibility index (Phi) is 5.08. The third-order valence-corrected chi connectivity index (χ3v) is 3.98. The largest absolute Gasteiger partial charge is 0.421 e. The van der Waals surface area contributed by atoms with Crippen molar-refractivity contribution in [2.75, 3.05) is 0 Å². The molecule has 1 aliphatic rings. The van der Waals surface area contributed by atoms with Crippen molar-refractivity contribution in [2.45, 2.75) is 38.1 Å². The zero-order valence-corrected chi connectivity index (χ0v) is 13.4. The third kappa shape index (κ3) is 4.42. The van der Waals surface area contributed by atoms with E-state index in [1.165, 1.54) is 0 Å². The van der Waals surface area contributed by atoms with Gasteiger partial charge in [-0.25, -0.2) is 0 Å². The molecule has 1 aromatic carbocycles. The molecule has 0 fully saturated rings. The molecular weight excluding hydrogens is 314 g/mol. The van der Waals surface area contributed by atoms with Crippen molar-refractivity contribution in [3.05, 3.63) is 47.3 Å². The molecule has 0 radical (unpaired) electrons. The second kappa shape index (κ2) is 7.42. The molecule has 1 aromatic heterocycles. The Hall–Kier alpha value is -2.14. The van der Waals surface area contributed by atoms with Gasteiger partial charge in [-0.05, 0) is 43.5 Å². The van der Waals surface area contributed by atoms with Crippen LogP contribution < -0.4 is 5.32 Å². The van der Waals surface area contributed by atoms with Crippen LogP contribution in [-0.4, -0.2) is 22.1 Å². The number of hydrogen-bond donors (Lipinski definition) is 1. The van der Waals surface area contributed by atoms with Crippen molar-refractivity contribution < 1.29 is 9.21 Å². The summed E-state index contributed by atoms with van der Waals surface area (Å²) in [6.45, 7) is 0. The second-order valence-corrected chi connectivity index (χ2v) is 5.98. The maximum atomic E-state index is 11.9. The van der Waals surface area contributed by atoms with E-state index >= 15 is 0 Å². The first-order valence-electron chi connectivity index (χ1n) is 7.75. The molecule has 23 heavy (non-hydrogen) atoms. The van der Waals surface area contributed by atoms with Gasteiger partial charge in [0.05, 0.1) is 0 Å². The number of aryl methyl sites for hydroxylation is 1. The van der Waals surface area contributed by atoms with Gasteiger partial charge < -0.3 is 9.73 Å². The van der Waals surface area contributed by atoms with Crippen LogP contribution in [0.2, 0.25) is 5.02 Å². The van der Waals surface area contributed by atoms with Gasteiger partial charge in [0.15, 0.2) is 0 Å². The number of benzene rings is 1. The molecule has 0 bridgehead atoms. The molecule has 5 nitrogen and oxygen atoms in total. The highest BCUT2D eigenvalue weighted by atomic mass is 35.5. The molecule has 6 heteroatoms. The molecule has 1 atom stereocenters. The summed E-state index contributed by atoms with van der Waals surface area (Å²) in [4.78, 5) is 11.9. The predicted molar refractivity (Wildman–Crippen MR) is 88.0 cm³/mol. The molecule has 0 aliphatic heterocycles. The standard InChI is InChI=1S/C17H18ClN3O2/c18-13-8-6-12(7-9-13)17-21-20-16(23-17)11-10-15(22)19-14-4-2-1-3-5-14/h2,4,6-9,14H,1,3,5,10-11H2,(H,19,22)/t14-/m0/s1. The summed E-state index contributed by atoms with van der Waals surface area (Å²) < 4.78 is 5.59. The Balaban J connectivity index is 1.52. The van der Waals surface area contributed by atoms with E-state index in [9.17, 15) is 4.79 Å².